The zero-order chi connectivity index (χ0) is 11.0. The van der Waals surface area contributed by atoms with Gasteiger partial charge in [0.05, 0.1) is 5.75 Å². The van der Waals surface area contributed by atoms with Crippen LogP contribution in [0.4, 0.5) is 0 Å². The number of aliphatic hydroxyl groups excluding tert-OH is 1. The molecule has 1 atom stereocenters. The van der Waals surface area contributed by atoms with E-state index < -0.39 is 9.84 Å². The summed E-state index contributed by atoms with van der Waals surface area (Å²) in [5, 5.41) is 11.8. The molecular formula is C8H19NO3S2. The summed E-state index contributed by atoms with van der Waals surface area (Å²) in [6, 6.07) is 0.268. The van der Waals surface area contributed by atoms with Crippen LogP contribution >= 0.6 is 11.8 Å². The number of sulfone groups is 1. The third-order valence-corrected chi connectivity index (χ3v) is 4.14. The minimum atomic E-state index is -2.83. The van der Waals surface area contributed by atoms with Gasteiger partial charge in [0.2, 0.25) is 0 Å². The molecule has 0 spiro atoms. The first kappa shape index (κ1) is 14.2. The van der Waals surface area contributed by atoms with Gasteiger partial charge in [0.1, 0.15) is 9.84 Å². The third kappa shape index (κ3) is 8.80. The predicted molar refractivity (Wildman–Crippen MR) is 61.6 cm³/mol. The van der Waals surface area contributed by atoms with Crippen LogP contribution in [0.1, 0.15) is 6.42 Å². The minimum absolute atomic E-state index is 0.165. The second-order valence-electron chi connectivity index (χ2n) is 3.20. The van der Waals surface area contributed by atoms with Crippen LogP contribution in [0.3, 0.4) is 0 Å². The second-order valence-corrected chi connectivity index (χ2v) is 6.61. The first-order valence-corrected chi connectivity index (χ1v) is 7.74. The maximum Gasteiger partial charge on any atom is 0.148 e. The van der Waals surface area contributed by atoms with E-state index in [0.29, 0.717) is 12.2 Å². The smallest absolute Gasteiger partial charge is 0.148 e. The molecule has 2 N–H and O–H groups in total. The van der Waals surface area contributed by atoms with E-state index in [-0.39, 0.29) is 18.4 Å². The normalized spacial score (nSPS) is 14.2. The monoisotopic (exact) mass is 241 g/mol. The van der Waals surface area contributed by atoms with Crippen LogP contribution in [0.15, 0.2) is 0 Å². The van der Waals surface area contributed by atoms with E-state index in [1.165, 1.54) is 6.26 Å². The summed E-state index contributed by atoms with van der Waals surface area (Å²) in [7, 11) is -0.987. The van der Waals surface area contributed by atoms with Crippen LogP contribution in [0.2, 0.25) is 0 Å². The van der Waals surface area contributed by atoms with Gasteiger partial charge in [-0.15, -0.1) is 0 Å². The van der Waals surface area contributed by atoms with Crippen molar-refractivity contribution in [2.24, 2.45) is 0 Å². The summed E-state index contributed by atoms with van der Waals surface area (Å²) in [4.78, 5) is 0. The quantitative estimate of drug-likeness (QED) is 0.573. The lowest BCUT2D eigenvalue weighted by Gasteiger charge is -2.13. The molecule has 86 valence electrons. The highest BCUT2D eigenvalue weighted by Gasteiger charge is 2.06. The van der Waals surface area contributed by atoms with Crippen LogP contribution in [0.5, 0.6) is 0 Å². The molecule has 0 amide bonds. The zero-order valence-corrected chi connectivity index (χ0v) is 10.3. The fourth-order valence-electron chi connectivity index (χ4n) is 0.903. The maximum atomic E-state index is 10.8. The van der Waals surface area contributed by atoms with Crippen molar-refractivity contribution in [1.82, 2.24) is 5.32 Å². The van der Waals surface area contributed by atoms with Crippen LogP contribution in [0.25, 0.3) is 0 Å². The van der Waals surface area contributed by atoms with E-state index in [1.54, 1.807) is 11.8 Å². The van der Waals surface area contributed by atoms with Crippen molar-refractivity contribution in [3.63, 3.8) is 0 Å². The number of rotatable bonds is 8. The van der Waals surface area contributed by atoms with Gasteiger partial charge in [0.15, 0.2) is 0 Å². The molecule has 14 heavy (non-hydrogen) atoms. The van der Waals surface area contributed by atoms with E-state index in [4.69, 9.17) is 5.11 Å². The zero-order valence-electron chi connectivity index (χ0n) is 8.69. The Morgan fingerprint density at radius 2 is 2.14 bits per heavy atom. The Kier molecular flexibility index (Phi) is 7.62. The summed E-state index contributed by atoms with van der Waals surface area (Å²) in [5.74, 6) is 1.70. The molecule has 6 heteroatoms. The van der Waals surface area contributed by atoms with Crippen molar-refractivity contribution in [2.75, 3.05) is 37.2 Å². The van der Waals surface area contributed by atoms with Gasteiger partial charge in [0, 0.05) is 30.4 Å². The number of thioether (sulfide) groups is 1. The van der Waals surface area contributed by atoms with Gasteiger partial charge in [-0.05, 0) is 13.5 Å². The molecule has 0 radical (unpaired) electrons. The summed E-state index contributed by atoms with van der Waals surface area (Å²) < 4.78 is 21.6. The molecule has 0 heterocycles. The molecule has 0 aromatic heterocycles. The van der Waals surface area contributed by atoms with Crippen LogP contribution in [-0.4, -0.2) is 56.7 Å². The van der Waals surface area contributed by atoms with Crippen molar-refractivity contribution in [2.45, 2.75) is 12.5 Å². The Morgan fingerprint density at radius 3 is 2.57 bits per heavy atom. The van der Waals surface area contributed by atoms with Gasteiger partial charge in [-0.25, -0.2) is 8.42 Å². The lowest BCUT2D eigenvalue weighted by molar-refractivity contribution is 0.273. The Hall–Kier alpha value is 0.220. The third-order valence-electron chi connectivity index (χ3n) is 1.80. The minimum Gasteiger partial charge on any atom is -0.396 e. The first-order chi connectivity index (χ1) is 6.49. The molecule has 0 aliphatic carbocycles. The Morgan fingerprint density at radius 1 is 1.50 bits per heavy atom. The van der Waals surface area contributed by atoms with Gasteiger partial charge >= 0.3 is 0 Å². The van der Waals surface area contributed by atoms with E-state index in [2.05, 4.69) is 5.32 Å². The summed E-state index contributed by atoms with van der Waals surface area (Å²) in [5.41, 5.74) is 0. The van der Waals surface area contributed by atoms with Crippen LogP contribution < -0.4 is 5.32 Å². The second kappa shape index (κ2) is 7.50. The van der Waals surface area contributed by atoms with E-state index in [1.807, 2.05) is 7.05 Å². The fraction of sp³-hybridized carbons (Fsp3) is 1.00. The van der Waals surface area contributed by atoms with Gasteiger partial charge < -0.3 is 10.4 Å². The SMILES string of the molecule is CNC(CCO)CSCCS(C)(=O)=O. The molecule has 0 saturated heterocycles. The predicted octanol–water partition coefficient (Wildman–Crippen LogP) is -0.265. The number of nitrogens with one attached hydrogen (secondary N) is 1. The highest BCUT2D eigenvalue weighted by Crippen LogP contribution is 2.06. The molecule has 0 aromatic rings. The fourth-order valence-corrected chi connectivity index (χ4v) is 3.37. The Bertz CT molecular complexity index is 229. The largest absolute Gasteiger partial charge is 0.396 e. The van der Waals surface area contributed by atoms with E-state index >= 15 is 0 Å². The molecule has 0 aliphatic rings. The molecule has 0 aromatic carbocycles. The molecule has 0 fully saturated rings. The van der Waals surface area contributed by atoms with Crippen molar-refractivity contribution in [1.29, 1.82) is 0 Å². The number of hydrogen-bond donors (Lipinski definition) is 2. The maximum absolute atomic E-state index is 10.8. The molecule has 0 aliphatic heterocycles. The van der Waals surface area contributed by atoms with Gasteiger partial charge in [-0.2, -0.15) is 11.8 Å². The van der Waals surface area contributed by atoms with Crippen molar-refractivity contribution >= 4 is 21.6 Å². The lowest BCUT2D eigenvalue weighted by atomic mass is 10.2. The Balaban J connectivity index is 3.52. The van der Waals surface area contributed by atoms with E-state index in [9.17, 15) is 8.42 Å². The standard InChI is InChI=1S/C8H19NO3S2/c1-9-8(3-4-10)7-13-5-6-14(2,11)12/h8-10H,3-7H2,1-2H3. The number of aliphatic hydroxyl groups is 1. The lowest BCUT2D eigenvalue weighted by Crippen LogP contribution is -2.29. The molecular weight excluding hydrogens is 222 g/mol. The molecule has 1 unspecified atom stereocenters. The first-order valence-electron chi connectivity index (χ1n) is 4.53. The molecule has 0 bridgehead atoms. The van der Waals surface area contributed by atoms with Gasteiger partial charge in [-0.3, -0.25) is 0 Å². The van der Waals surface area contributed by atoms with Crippen LogP contribution in [-0.2, 0) is 9.84 Å². The van der Waals surface area contributed by atoms with Crippen LogP contribution in [0, 0.1) is 0 Å². The Labute approximate surface area is 90.4 Å². The molecule has 4 nitrogen and oxygen atoms in total. The number of hydrogen-bond acceptors (Lipinski definition) is 5. The summed E-state index contributed by atoms with van der Waals surface area (Å²) >= 11 is 1.60. The van der Waals surface area contributed by atoms with Crippen molar-refractivity contribution in [3.05, 3.63) is 0 Å². The topological polar surface area (TPSA) is 66.4 Å². The highest BCUT2D eigenvalue weighted by atomic mass is 32.2. The van der Waals surface area contributed by atoms with Crippen molar-refractivity contribution in [3.8, 4) is 0 Å². The molecule has 0 saturated carbocycles. The average molecular weight is 241 g/mol. The van der Waals surface area contributed by atoms with Gasteiger partial charge in [-0.1, -0.05) is 0 Å². The summed E-state index contributed by atoms with van der Waals surface area (Å²) in [6.45, 7) is 0.165. The highest BCUT2D eigenvalue weighted by molar-refractivity contribution is 8.00. The van der Waals surface area contributed by atoms with Crippen molar-refractivity contribution < 1.29 is 13.5 Å². The summed E-state index contributed by atoms with van der Waals surface area (Å²) in [6.07, 6.45) is 1.96. The average Bonchev–Trinajstić information content (AvgIpc) is 2.08. The van der Waals surface area contributed by atoms with E-state index in [0.717, 1.165) is 5.75 Å². The molecule has 0 rings (SSSR count). The van der Waals surface area contributed by atoms with Gasteiger partial charge in [0.25, 0.3) is 0 Å².